The lowest BCUT2D eigenvalue weighted by Crippen LogP contribution is -2.03. The molecule has 0 aliphatic heterocycles. The van der Waals surface area contributed by atoms with Crippen LogP contribution in [-0.2, 0) is 12.8 Å². The Bertz CT molecular complexity index is 512. The summed E-state index contributed by atoms with van der Waals surface area (Å²) in [6, 6.07) is 8.27. The van der Waals surface area contributed by atoms with Crippen molar-refractivity contribution in [3.05, 3.63) is 35.7 Å². The van der Waals surface area contributed by atoms with Gasteiger partial charge in [-0.25, -0.2) is 9.97 Å². The van der Waals surface area contributed by atoms with E-state index in [4.69, 9.17) is 9.97 Å². The van der Waals surface area contributed by atoms with Crippen molar-refractivity contribution < 1.29 is 0 Å². The molecule has 22 heavy (non-hydrogen) atoms. The van der Waals surface area contributed by atoms with E-state index in [0.717, 1.165) is 23.9 Å². The van der Waals surface area contributed by atoms with Crippen molar-refractivity contribution in [1.82, 2.24) is 9.97 Å². The number of hydrogen-bond acceptors (Lipinski definition) is 2. The van der Waals surface area contributed by atoms with Crippen LogP contribution in [0.25, 0.3) is 11.0 Å². The van der Waals surface area contributed by atoms with E-state index >= 15 is 0 Å². The third-order valence-corrected chi connectivity index (χ3v) is 4.26. The van der Waals surface area contributed by atoms with E-state index in [1.807, 2.05) is 0 Å². The monoisotopic (exact) mass is 298 g/mol. The fraction of sp³-hybridized carbons (Fsp3) is 0.600. The first-order chi connectivity index (χ1) is 10.8. The molecule has 120 valence electrons. The second-order valence-electron chi connectivity index (χ2n) is 6.23. The Balaban J connectivity index is 2.09. The Kier molecular flexibility index (Phi) is 7.35. The second kappa shape index (κ2) is 9.55. The minimum atomic E-state index is 1.05. The minimum absolute atomic E-state index is 1.05. The predicted octanol–water partition coefficient (Wildman–Crippen LogP) is 5.88. The van der Waals surface area contributed by atoms with Gasteiger partial charge in [-0.3, -0.25) is 0 Å². The van der Waals surface area contributed by atoms with Crippen LogP contribution in [0.4, 0.5) is 0 Å². The number of para-hydroxylation sites is 2. The summed E-state index contributed by atoms with van der Waals surface area (Å²) in [5, 5.41) is 0. The fourth-order valence-electron chi connectivity index (χ4n) is 2.91. The topological polar surface area (TPSA) is 25.8 Å². The molecule has 0 N–H and O–H groups in total. The number of nitrogens with zero attached hydrogens (tertiary/aromatic N) is 2. The lowest BCUT2D eigenvalue weighted by molar-refractivity contribution is 0.639. The highest BCUT2D eigenvalue weighted by Crippen LogP contribution is 2.18. The molecule has 2 nitrogen and oxygen atoms in total. The van der Waals surface area contributed by atoms with E-state index in [1.54, 1.807) is 0 Å². The highest BCUT2D eigenvalue weighted by atomic mass is 14.8. The highest BCUT2D eigenvalue weighted by Gasteiger charge is 2.08. The fourth-order valence-corrected chi connectivity index (χ4v) is 2.91. The zero-order valence-electron chi connectivity index (χ0n) is 14.3. The van der Waals surface area contributed by atoms with Crippen LogP contribution in [-0.4, -0.2) is 9.97 Å². The Morgan fingerprint density at radius 1 is 0.636 bits per heavy atom. The van der Waals surface area contributed by atoms with E-state index in [1.165, 1.54) is 62.8 Å². The van der Waals surface area contributed by atoms with Crippen molar-refractivity contribution in [3.8, 4) is 0 Å². The van der Waals surface area contributed by atoms with Crippen LogP contribution in [0.1, 0.15) is 76.6 Å². The maximum absolute atomic E-state index is 4.91. The summed E-state index contributed by atoms with van der Waals surface area (Å²) in [5.41, 5.74) is 4.58. The van der Waals surface area contributed by atoms with Gasteiger partial charge in [-0.1, -0.05) is 64.5 Å². The molecule has 0 aliphatic rings. The molecule has 1 aromatic heterocycles. The first kappa shape index (κ1) is 16.9. The summed E-state index contributed by atoms with van der Waals surface area (Å²) < 4.78 is 0. The first-order valence-electron chi connectivity index (χ1n) is 9.09. The molecule has 0 bridgehead atoms. The van der Waals surface area contributed by atoms with Crippen molar-refractivity contribution in [1.29, 1.82) is 0 Å². The average molecular weight is 298 g/mol. The van der Waals surface area contributed by atoms with Crippen LogP contribution in [0.15, 0.2) is 24.3 Å². The molecule has 0 saturated heterocycles. The number of aryl methyl sites for hydroxylation is 2. The summed E-state index contributed by atoms with van der Waals surface area (Å²) in [6.07, 6.45) is 12.5. The Labute approximate surface area is 135 Å². The van der Waals surface area contributed by atoms with E-state index in [-0.39, 0.29) is 0 Å². The van der Waals surface area contributed by atoms with Gasteiger partial charge in [0.25, 0.3) is 0 Å². The van der Waals surface area contributed by atoms with Gasteiger partial charge in [0.1, 0.15) is 0 Å². The summed E-state index contributed by atoms with van der Waals surface area (Å²) >= 11 is 0. The Morgan fingerprint density at radius 3 is 1.50 bits per heavy atom. The zero-order valence-corrected chi connectivity index (χ0v) is 14.3. The zero-order chi connectivity index (χ0) is 15.6. The molecule has 0 aliphatic carbocycles. The van der Waals surface area contributed by atoms with E-state index in [9.17, 15) is 0 Å². The lowest BCUT2D eigenvalue weighted by Gasteiger charge is -2.10. The van der Waals surface area contributed by atoms with Crippen LogP contribution in [0, 0.1) is 0 Å². The molecule has 0 amide bonds. The predicted molar refractivity (Wildman–Crippen MR) is 95.2 cm³/mol. The largest absolute Gasteiger partial charge is 0.249 e. The van der Waals surface area contributed by atoms with Gasteiger partial charge >= 0.3 is 0 Å². The van der Waals surface area contributed by atoms with E-state index in [0.29, 0.717) is 0 Å². The van der Waals surface area contributed by atoms with Gasteiger partial charge in [0.15, 0.2) is 0 Å². The Morgan fingerprint density at radius 2 is 1.09 bits per heavy atom. The molecule has 0 fully saturated rings. The van der Waals surface area contributed by atoms with Gasteiger partial charge in [0.2, 0.25) is 0 Å². The van der Waals surface area contributed by atoms with Crippen LogP contribution >= 0.6 is 0 Å². The van der Waals surface area contributed by atoms with Crippen LogP contribution in [0.2, 0.25) is 0 Å². The van der Waals surface area contributed by atoms with Crippen LogP contribution in [0.5, 0.6) is 0 Å². The highest BCUT2D eigenvalue weighted by molar-refractivity contribution is 5.74. The molecule has 0 spiro atoms. The van der Waals surface area contributed by atoms with Gasteiger partial charge in [-0.15, -0.1) is 0 Å². The van der Waals surface area contributed by atoms with Gasteiger partial charge in [-0.05, 0) is 37.8 Å². The molecule has 0 radical (unpaired) electrons. The van der Waals surface area contributed by atoms with Gasteiger partial charge < -0.3 is 0 Å². The van der Waals surface area contributed by atoms with Crippen molar-refractivity contribution in [2.75, 3.05) is 0 Å². The number of benzene rings is 1. The minimum Gasteiger partial charge on any atom is -0.249 e. The lowest BCUT2D eigenvalue weighted by atomic mass is 10.0. The quantitative estimate of drug-likeness (QED) is 0.512. The Hall–Kier alpha value is -1.44. The summed E-state index contributed by atoms with van der Waals surface area (Å²) in [4.78, 5) is 9.82. The molecular weight excluding hydrogens is 268 g/mol. The van der Waals surface area contributed by atoms with Gasteiger partial charge in [-0.2, -0.15) is 0 Å². The van der Waals surface area contributed by atoms with E-state index in [2.05, 4.69) is 38.1 Å². The van der Waals surface area contributed by atoms with Gasteiger partial charge in [0.05, 0.1) is 22.4 Å². The third kappa shape index (κ3) is 5.08. The summed E-state index contributed by atoms with van der Waals surface area (Å²) in [6.45, 7) is 4.52. The van der Waals surface area contributed by atoms with Crippen molar-refractivity contribution in [2.24, 2.45) is 0 Å². The molecule has 2 heteroatoms. The number of hydrogen-bond donors (Lipinski definition) is 0. The molecule has 0 unspecified atom stereocenters. The molecule has 2 aromatic rings. The molecule has 2 rings (SSSR count). The summed E-state index contributed by atoms with van der Waals surface area (Å²) in [5.74, 6) is 0. The SMILES string of the molecule is CCCCCCc1nc2ccccc2nc1CCCCCC. The van der Waals surface area contributed by atoms with Crippen LogP contribution in [0.3, 0.4) is 0 Å². The molecule has 1 heterocycles. The molecule has 0 atom stereocenters. The molecule has 1 aromatic carbocycles. The molecule has 0 saturated carbocycles. The van der Waals surface area contributed by atoms with Crippen molar-refractivity contribution in [3.63, 3.8) is 0 Å². The number of rotatable bonds is 10. The average Bonchev–Trinajstić information content (AvgIpc) is 2.55. The third-order valence-electron chi connectivity index (χ3n) is 4.26. The number of aromatic nitrogens is 2. The van der Waals surface area contributed by atoms with Crippen LogP contribution < -0.4 is 0 Å². The van der Waals surface area contributed by atoms with Gasteiger partial charge in [0, 0.05) is 0 Å². The summed E-state index contributed by atoms with van der Waals surface area (Å²) in [7, 11) is 0. The standard InChI is InChI=1S/C20H30N2/c1-3-5-7-9-13-17-18(14-10-8-6-4-2)22-20-16-12-11-15-19(20)21-17/h11-12,15-16H,3-10,13-14H2,1-2H3. The molecular formula is C20H30N2. The second-order valence-corrected chi connectivity index (χ2v) is 6.23. The number of fused-ring (bicyclic) bond motifs is 1. The number of unbranched alkanes of at least 4 members (excludes halogenated alkanes) is 6. The normalized spacial score (nSPS) is 11.2. The van der Waals surface area contributed by atoms with Crippen molar-refractivity contribution in [2.45, 2.75) is 78.1 Å². The van der Waals surface area contributed by atoms with Crippen molar-refractivity contribution >= 4 is 11.0 Å². The maximum Gasteiger partial charge on any atom is 0.0890 e. The smallest absolute Gasteiger partial charge is 0.0890 e. The van der Waals surface area contributed by atoms with E-state index < -0.39 is 0 Å². The maximum atomic E-state index is 4.91. The first-order valence-corrected chi connectivity index (χ1v) is 9.09.